The van der Waals surface area contributed by atoms with Gasteiger partial charge in [0.1, 0.15) is 6.04 Å². The van der Waals surface area contributed by atoms with E-state index in [2.05, 4.69) is 41.4 Å². The minimum atomic E-state index is -0.224. The van der Waals surface area contributed by atoms with E-state index in [0.717, 1.165) is 18.7 Å². The maximum absolute atomic E-state index is 12.4. The Morgan fingerprint density at radius 3 is 2.33 bits per heavy atom. The van der Waals surface area contributed by atoms with Gasteiger partial charge in [0.2, 0.25) is 5.91 Å². The van der Waals surface area contributed by atoms with Gasteiger partial charge in [-0.3, -0.25) is 4.79 Å². The Bertz CT molecular complexity index is 448. The number of nitrogens with zero attached hydrogens (tertiary/aromatic N) is 1. The first kappa shape index (κ1) is 17.5. The van der Waals surface area contributed by atoms with Gasteiger partial charge in [0.15, 0.2) is 0 Å². The fourth-order valence-corrected chi connectivity index (χ4v) is 2.16. The lowest BCUT2D eigenvalue weighted by molar-refractivity contribution is -0.123. The molecule has 118 valence electrons. The molecular weight excluding hydrogens is 262 g/mol. The van der Waals surface area contributed by atoms with Crippen LogP contribution in [0.25, 0.3) is 0 Å². The fourth-order valence-electron chi connectivity index (χ4n) is 2.16. The first-order valence-electron chi connectivity index (χ1n) is 7.60. The van der Waals surface area contributed by atoms with E-state index in [1.165, 1.54) is 5.56 Å². The third-order valence-corrected chi connectivity index (χ3v) is 3.31. The Kier molecular flexibility index (Phi) is 6.21. The lowest BCUT2D eigenvalue weighted by Gasteiger charge is -2.33. The van der Waals surface area contributed by atoms with E-state index in [0.29, 0.717) is 6.54 Å². The van der Waals surface area contributed by atoms with Crippen molar-refractivity contribution in [2.45, 2.75) is 52.6 Å². The second kappa shape index (κ2) is 7.46. The van der Waals surface area contributed by atoms with Gasteiger partial charge in [-0.2, -0.15) is 0 Å². The molecule has 1 rings (SSSR count). The summed E-state index contributed by atoms with van der Waals surface area (Å²) in [7, 11) is 0. The molecule has 21 heavy (non-hydrogen) atoms. The Balaban J connectivity index is 2.90. The summed E-state index contributed by atoms with van der Waals surface area (Å²) < 4.78 is 0. The van der Waals surface area contributed by atoms with Crippen LogP contribution in [0.2, 0.25) is 0 Å². The summed E-state index contributed by atoms with van der Waals surface area (Å²) >= 11 is 0. The maximum Gasteiger partial charge on any atom is 0.242 e. The summed E-state index contributed by atoms with van der Waals surface area (Å²) in [5, 5.41) is 3.05. The minimum absolute atomic E-state index is 0.0418. The molecular formula is C17H29N3O. The van der Waals surface area contributed by atoms with Crippen LogP contribution in [0.1, 0.15) is 39.7 Å². The molecule has 0 bridgehead atoms. The normalized spacial score (nSPS) is 12.9. The average Bonchev–Trinajstić information content (AvgIpc) is 2.39. The van der Waals surface area contributed by atoms with Crippen molar-refractivity contribution in [1.82, 2.24) is 5.32 Å². The first-order valence-corrected chi connectivity index (χ1v) is 7.60. The second-order valence-corrected chi connectivity index (χ2v) is 6.59. The van der Waals surface area contributed by atoms with Crippen molar-refractivity contribution >= 4 is 11.6 Å². The molecule has 0 spiro atoms. The summed E-state index contributed by atoms with van der Waals surface area (Å²) in [6, 6.07) is 8.04. The number of anilines is 1. The predicted octanol–water partition coefficient (Wildman–Crippen LogP) is 2.45. The average molecular weight is 291 g/mol. The number of aryl methyl sites for hydroxylation is 1. The number of amides is 1. The van der Waals surface area contributed by atoms with Gasteiger partial charge in [-0.05, 0) is 59.7 Å². The Morgan fingerprint density at radius 1 is 1.29 bits per heavy atom. The molecule has 0 aromatic heterocycles. The summed E-state index contributed by atoms with van der Waals surface area (Å²) in [4.78, 5) is 14.5. The molecule has 0 saturated carbocycles. The van der Waals surface area contributed by atoms with Gasteiger partial charge in [0.25, 0.3) is 0 Å². The molecule has 0 aliphatic rings. The molecule has 0 aliphatic heterocycles. The van der Waals surface area contributed by atoms with E-state index in [9.17, 15) is 4.79 Å². The molecule has 1 amide bonds. The number of nitrogens with two attached hydrogens (primary N) is 1. The number of hydrogen-bond acceptors (Lipinski definition) is 3. The van der Waals surface area contributed by atoms with Gasteiger partial charge in [0, 0.05) is 17.8 Å². The predicted molar refractivity (Wildman–Crippen MR) is 89.6 cm³/mol. The molecule has 0 saturated heterocycles. The van der Waals surface area contributed by atoms with Crippen molar-refractivity contribution in [3.8, 4) is 0 Å². The van der Waals surface area contributed by atoms with Crippen LogP contribution in [0.3, 0.4) is 0 Å². The number of hydrogen-bond donors (Lipinski definition) is 2. The van der Waals surface area contributed by atoms with Gasteiger partial charge >= 0.3 is 0 Å². The van der Waals surface area contributed by atoms with Crippen LogP contribution in [-0.4, -0.2) is 30.6 Å². The van der Waals surface area contributed by atoms with Crippen LogP contribution in [-0.2, 0) is 4.79 Å². The topological polar surface area (TPSA) is 58.4 Å². The number of carbonyl (C=O) groups is 1. The van der Waals surface area contributed by atoms with Gasteiger partial charge in [-0.1, -0.05) is 17.7 Å². The first-order chi connectivity index (χ1) is 9.74. The van der Waals surface area contributed by atoms with Crippen LogP contribution in [0.5, 0.6) is 0 Å². The number of benzene rings is 1. The monoisotopic (exact) mass is 291 g/mol. The molecule has 0 fully saturated rings. The summed E-state index contributed by atoms with van der Waals surface area (Å²) in [6.45, 7) is 11.4. The third kappa shape index (κ3) is 5.76. The minimum Gasteiger partial charge on any atom is -0.360 e. The molecule has 0 heterocycles. The third-order valence-electron chi connectivity index (χ3n) is 3.31. The van der Waals surface area contributed by atoms with E-state index in [1.54, 1.807) is 0 Å². The zero-order valence-electron chi connectivity index (χ0n) is 13.9. The molecule has 4 nitrogen and oxygen atoms in total. The molecule has 1 unspecified atom stereocenters. The molecule has 0 radical (unpaired) electrons. The van der Waals surface area contributed by atoms with Gasteiger partial charge in [-0.25, -0.2) is 0 Å². The molecule has 3 N–H and O–H groups in total. The molecule has 4 heteroatoms. The summed E-state index contributed by atoms with van der Waals surface area (Å²) in [6.07, 6.45) is 0.862. The highest BCUT2D eigenvalue weighted by Crippen LogP contribution is 2.19. The van der Waals surface area contributed by atoms with Crippen molar-refractivity contribution in [2.24, 2.45) is 5.73 Å². The second-order valence-electron chi connectivity index (χ2n) is 6.59. The SMILES string of the molecule is Cc1ccc(N(CCCN)C(C)C(=O)NC(C)(C)C)cc1. The lowest BCUT2D eigenvalue weighted by Crippen LogP contribution is -2.51. The zero-order valence-corrected chi connectivity index (χ0v) is 13.9. The quantitative estimate of drug-likeness (QED) is 0.846. The van der Waals surface area contributed by atoms with E-state index in [1.807, 2.05) is 27.7 Å². The summed E-state index contributed by atoms with van der Waals surface area (Å²) in [5.74, 6) is 0.0418. The Hall–Kier alpha value is -1.55. The van der Waals surface area contributed by atoms with Crippen molar-refractivity contribution in [1.29, 1.82) is 0 Å². The van der Waals surface area contributed by atoms with Crippen molar-refractivity contribution in [2.75, 3.05) is 18.0 Å². The van der Waals surface area contributed by atoms with Crippen LogP contribution in [0, 0.1) is 6.92 Å². The van der Waals surface area contributed by atoms with Gasteiger partial charge in [-0.15, -0.1) is 0 Å². The van der Waals surface area contributed by atoms with Crippen LogP contribution >= 0.6 is 0 Å². The van der Waals surface area contributed by atoms with E-state index >= 15 is 0 Å². The molecule has 0 aliphatic carbocycles. The smallest absolute Gasteiger partial charge is 0.242 e. The van der Waals surface area contributed by atoms with Crippen molar-refractivity contribution < 1.29 is 4.79 Å². The van der Waals surface area contributed by atoms with Crippen LogP contribution in [0.15, 0.2) is 24.3 Å². The number of carbonyl (C=O) groups excluding carboxylic acids is 1. The van der Waals surface area contributed by atoms with E-state index in [-0.39, 0.29) is 17.5 Å². The Labute approximate surface area is 128 Å². The zero-order chi connectivity index (χ0) is 16.0. The highest BCUT2D eigenvalue weighted by Gasteiger charge is 2.24. The highest BCUT2D eigenvalue weighted by atomic mass is 16.2. The molecule has 1 aromatic carbocycles. The number of nitrogens with one attached hydrogen (secondary N) is 1. The standard InChI is InChI=1S/C17H29N3O/c1-13-7-9-15(10-8-13)20(12-6-11-18)14(2)16(21)19-17(3,4)5/h7-10,14H,6,11-12,18H2,1-5H3,(H,19,21). The van der Waals surface area contributed by atoms with E-state index < -0.39 is 0 Å². The maximum atomic E-state index is 12.4. The van der Waals surface area contributed by atoms with Gasteiger partial charge < -0.3 is 16.0 Å². The molecule has 1 atom stereocenters. The Morgan fingerprint density at radius 2 is 1.86 bits per heavy atom. The molecule has 1 aromatic rings. The van der Waals surface area contributed by atoms with Crippen LogP contribution in [0.4, 0.5) is 5.69 Å². The van der Waals surface area contributed by atoms with Gasteiger partial charge in [0.05, 0.1) is 0 Å². The highest BCUT2D eigenvalue weighted by molar-refractivity contribution is 5.85. The fraction of sp³-hybridized carbons (Fsp3) is 0.588. The van der Waals surface area contributed by atoms with E-state index in [4.69, 9.17) is 5.73 Å². The van der Waals surface area contributed by atoms with Crippen LogP contribution < -0.4 is 16.0 Å². The lowest BCUT2D eigenvalue weighted by atomic mass is 10.1. The van der Waals surface area contributed by atoms with Crippen molar-refractivity contribution in [3.05, 3.63) is 29.8 Å². The number of rotatable bonds is 6. The van der Waals surface area contributed by atoms with Crippen molar-refractivity contribution in [3.63, 3.8) is 0 Å². The largest absolute Gasteiger partial charge is 0.360 e. The summed E-state index contributed by atoms with van der Waals surface area (Å²) in [5.41, 5.74) is 7.68.